The molecule has 0 atom stereocenters. The summed E-state index contributed by atoms with van der Waals surface area (Å²) in [5, 5.41) is 14.3. The second kappa shape index (κ2) is 7.51. The molecule has 0 aliphatic carbocycles. The summed E-state index contributed by atoms with van der Waals surface area (Å²) in [6.07, 6.45) is -5.06. The van der Waals surface area contributed by atoms with Gasteiger partial charge in [-0.15, -0.1) is 0 Å². The fourth-order valence-electron chi connectivity index (χ4n) is 2.78. The van der Waals surface area contributed by atoms with Crippen LogP contribution in [0, 0.1) is 10.1 Å². The van der Waals surface area contributed by atoms with Crippen LogP contribution in [0.25, 0.3) is 11.1 Å². The molecule has 5 nitrogen and oxygen atoms in total. The summed E-state index contributed by atoms with van der Waals surface area (Å²) in [4.78, 5) is 22.8. The van der Waals surface area contributed by atoms with Crippen LogP contribution in [0.15, 0.2) is 72.8 Å². The summed E-state index contributed by atoms with van der Waals surface area (Å²) in [5.41, 5.74) is -0.225. The summed E-state index contributed by atoms with van der Waals surface area (Å²) in [7, 11) is 0. The van der Waals surface area contributed by atoms with Gasteiger partial charge in [-0.25, -0.2) is 0 Å². The van der Waals surface area contributed by atoms with E-state index < -0.39 is 22.4 Å². The molecule has 0 spiro atoms. The Morgan fingerprint density at radius 3 is 2.11 bits per heavy atom. The van der Waals surface area contributed by atoms with Gasteiger partial charge in [0.05, 0.1) is 16.1 Å². The van der Waals surface area contributed by atoms with Crippen LogP contribution < -0.4 is 5.32 Å². The van der Waals surface area contributed by atoms with Gasteiger partial charge in [0.1, 0.15) is 5.69 Å². The monoisotopic (exact) mass is 386 g/mol. The van der Waals surface area contributed by atoms with E-state index in [0.717, 1.165) is 6.07 Å². The molecule has 3 rings (SSSR count). The molecule has 0 fully saturated rings. The van der Waals surface area contributed by atoms with Gasteiger partial charge in [0.15, 0.2) is 0 Å². The van der Waals surface area contributed by atoms with Crippen molar-refractivity contribution in [1.82, 2.24) is 0 Å². The molecule has 0 unspecified atom stereocenters. The lowest BCUT2D eigenvalue weighted by atomic mass is 10.0. The first kappa shape index (κ1) is 19.1. The van der Waals surface area contributed by atoms with E-state index in [2.05, 4.69) is 5.32 Å². The van der Waals surface area contributed by atoms with Crippen molar-refractivity contribution in [3.8, 4) is 11.1 Å². The van der Waals surface area contributed by atoms with Crippen molar-refractivity contribution < 1.29 is 22.9 Å². The standard InChI is InChI=1S/C20H13F3N2O3/c21-20(22,23)19(26)15-9-4-5-11-16(15)24-17-12-6-10-14(18(17)25(27)28)13-7-2-1-3-8-13/h1-12,24H. The Kier molecular flexibility index (Phi) is 5.12. The molecular weight excluding hydrogens is 373 g/mol. The number of ketones is 1. The zero-order valence-corrected chi connectivity index (χ0v) is 14.2. The number of rotatable bonds is 5. The van der Waals surface area contributed by atoms with Crippen LogP contribution in [-0.4, -0.2) is 16.9 Å². The van der Waals surface area contributed by atoms with Crippen molar-refractivity contribution >= 4 is 22.8 Å². The van der Waals surface area contributed by atoms with Gasteiger partial charge in [0.2, 0.25) is 0 Å². The lowest BCUT2D eigenvalue weighted by Gasteiger charge is -2.14. The number of para-hydroxylation sites is 2. The van der Waals surface area contributed by atoms with Gasteiger partial charge in [-0.3, -0.25) is 14.9 Å². The highest BCUT2D eigenvalue weighted by molar-refractivity contribution is 6.05. The van der Waals surface area contributed by atoms with Gasteiger partial charge in [0, 0.05) is 5.69 Å². The van der Waals surface area contributed by atoms with Crippen LogP contribution in [0.5, 0.6) is 0 Å². The molecule has 0 amide bonds. The molecule has 0 radical (unpaired) electrons. The first-order chi connectivity index (χ1) is 13.3. The smallest absolute Gasteiger partial charge is 0.349 e. The van der Waals surface area contributed by atoms with E-state index in [1.54, 1.807) is 42.5 Å². The molecule has 0 saturated carbocycles. The number of carbonyl (C=O) groups excluding carboxylic acids is 1. The highest BCUT2D eigenvalue weighted by atomic mass is 19.4. The quantitative estimate of drug-likeness (QED) is 0.344. The Hall–Kier alpha value is -3.68. The minimum atomic E-state index is -5.06. The lowest BCUT2D eigenvalue weighted by Crippen LogP contribution is -2.23. The number of Topliss-reactive ketones (excluding diaryl/α,β-unsaturated/α-hetero) is 1. The Morgan fingerprint density at radius 1 is 0.857 bits per heavy atom. The van der Waals surface area contributed by atoms with E-state index in [1.165, 1.54) is 24.3 Å². The molecule has 3 aromatic carbocycles. The summed E-state index contributed by atoms with van der Waals surface area (Å²) >= 11 is 0. The normalized spacial score (nSPS) is 11.1. The summed E-state index contributed by atoms with van der Waals surface area (Å²) in [5.74, 6) is -2.03. The van der Waals surface area contributed by atoms with E-state index in [9.17, 15) is 28.1 Å². The molecule has 0 aliphatic rings. The van der Waals surface area contributed by atoms with Crippen molar-refractivity contribution in [3.63, 3.8) is 0 Å². The fraction of sp³-hybridized carbons (Fsp3) is 0.0500. The summed E-state index contributed by atoms with van der Waals surface area (Å²) in [6.45, 7) is 0. The second-order valence-electron chi connectivity index (χ2n) is 5.82. The fourth-order valence-corrected chi connectivity index (χ4v) is 2.78. The molecule has 0 heterocycles. The average Bonchev–Trinajstić information content (AvgIpc) is 2.67. The van der Waals surface area contributed by atoms with Crippen LogP contribution >= 0.6 is 0 Å². The molecule has 28 heavy (non-hydrogen) atoms. The molecule has 8 heteroatoms. The van der Waals surface area contributed by atoms with E-state index in [4.69, 9.17) is 0 Å². The van der Waals surface area contributed by atoms with Crippen molar-refractivity contribution in [3.05, 3.63) is 88.5 Å². The van der Waals surface area contributed by atoms with Gasteiger partial charge in [0.25, 0.3) is 11.5 Å². The van der Waals surface area contributed by atoms with E-state index in [1.807, 2.05) is 0 Å². The number of carbonyl (C=O) groups is 1. The molecule has 1 N–H and O–H groups in total. The zero-order valence-electron chi connectivity index (χ0n) is 14.2. The number of benzene rings is 3. The van der Waals surface area contributed by atoms with Crippen LogP contribution in [0.1, 0.15) is 10.4 Å². The number of alkyl halides is 3. The molecular formula is C20H13F3N2O3. The van der Waals surface area contributed by atoms with Gasteiger partial charge >= 0.3 is 6.18 Å². The number of nitro groups is 1. The maximum atomic E-state index is 12.9. The number of hydrogen-bond acceptors (Lipinski definition) is 4. The number of anilines is 2. The van der Waals surface area contributed by atoms with E-state index >= 15 is 0 Å². The highest BCUT2D eigenvalue weighted by Gasteiger charge is 2.40. The van der Waals surface area contributed by atoms with Crippen molar-refractivity contribution in [2.45, 2.75) is 6.18 Å². The van der Waals surface area contributed by atoms with E-state index in [-0.39, 0.29) is 17.1 Å². The van der Waals surface area contributed by atoms with Gasteiger partial charge in [-0.05, 0) is 29.8 Å². The van der Waals surface area contributed by atoms with Gasteiger partial charge in [-0.1, -0.05) is 48.5 Å². The Morgan fingerprint density at radius 2 is 1.46 bits per heavy atom. The zero-order chi connectivity index (χ0) is 20.3. The SMILES string of the molecule is O=C(c1ccccc1Nc1cccc(-c2ccccc2)c1[N+](=O)[O-])C(F)(F)F. The Labute approximate surface area is 157 Å². The number of halogens is 3. The largest absolute Gasteiger partial charge is 0.454 e. The predicted molar refractivity (Wildman–Crippen MR) is 98.6 cm³/mol. The topological polar surface area (TPSA) is 72.2 Å². The Balaban J connectivity index is 2.10. The molecule has 0 aromatic heterocycles. The third-order valence-electron chi connectivity index (χ3n) is 4.00. The average molecular weight is 386 g/mol. The Bertz CT molecular complexity index is 1030. The second-order valence-corrected chi connectivity index (χ2v) is 5.82. The number of hydrogen-bond donors (Lipinski definition) is 1. The number of nitro benzene ring substituents is 1. The lowest BCUT2D eigenvalue weighted by molar-refractivity contribution is -0.383. The van der Waals surface area contributed by atoms with Crippen LogP contribution in [0.4, 0.5) is 30.2 Å². The first-order valence-electron chi connectivity index (χ1n) is 8.09. The van der Waals surface area contributed by atoms with E-state index in [0.29, 0.717) is 11.1 Å². The van der Waals surface area contributed by atoms with Crippen LogP contribution in [0.3, 0.4) is 0 Å². The summed E-state index contributed by atoms with van der Waals surface area (Å²) in [6, 6.07) is 18.0. The minimum absolute atomic E-state index is 0.0197. The number of nitrogens with one attached hydrogen (secondary N) is 1. The van der Waals surface area contributed by atoms with Gasteiger partial charge in [-0.2, -0.15) is 13.2 Å². The maximum absolute atomic E-state index is 12.9. The minimum Gasteiger partial charge on any atom is -0.349 e. The first-order valence-corrected chi connectivity index (χ1v) is 8.09. The van der Waals surface area contributed by atoms with Crippen molar-refractivity contribution in [2.75, 3.05) is 5.32 Å². The van der Waals surface area contributed by atoms with Gasteiger partial charge < -0.3 is 5.32 Å². The summed E-state index contributed by atoms with van der Waals surface area (Å²) < 4.78 is 38.6. The third kappa shape index (κ3) is 3.85. The van der Waals surface area contributed by atoms with Crippen LogP contribution in [-0.2, 0) is 0 Å². The van der Waals surface area contributed by atoms with Crippen molar-refractivity contribution in [2.24, 2.45) is 0 Å². The molecule has 142 valence electrons. The molecule has 0 aliphatic heterocycles. The molecule has 0 saturated heterocycles. The molecule has 0 bridgehead atoms. The maximum Gasteiger partial charge on any atom is 0.454 e. The number of nitrogens with zero attached hydrogens (tertiary/aromatic N) is 1. The highest BCUT2D eigenvalue weighted by Crippen LogP contribution is 2.38. The predicted octanol–water partition coefficient (Wildman–Crippen LogP) is 5.75. The third-order valence-corrected chi connectivity index (χ3v) is 4.00. The molecule has 3 aromatic rings. The van der Waals surface area contributed by atoms with Crippen molar-refractivity contribution in [1.29, 1.82) is 0 Å². The van der Waals surface area contributed by atoms with Crippen LogP contribution in [0.2, 0.25) is 0 Å².